The molecule has 0 atom stereocenters. The molecule has 44 heavy (non-hydrogen) atoms. The second-order valence-electron chi connectivity index (χ2n) is 7.98. The van der Waals surface area contributed by atoms with Crippen LogP contribution >= 0.6 is 0 Å². The molecule has 1 heteroatoms. The maximum absolute atomic E-state index is 2.33. The molecule has 0 saturated carbocycles. The molecule has 0 unspecified atom stereocenters. The minimum atomic E-state index is -0.231. The first-order valence-corrected chi connectivity index (χ1v) is 17.8. The molecule has 0 aromatic heterocycles. The van der Waals surface area contributed by atoms with Crippen molar-refractivity contribution in [2.45, 2.75) is 116 Å². The minimum absolute atomic E-state index is 0.231. The van der Waals surface area contributed by atoms with Crippen LogP contribution in [0.1, 0.15) is 133 Å². The van der Waals surface area contributed by atoms with Gasteiger partial charge in [0.2, 0.25) is 0 Å². The van der Waals surface area contributed by atoms with E-state index in [4.69, 9.17) is 0 Å². The third-order valence-electron chi connectivity index (χ3n) is 6.48. The van der Waals surface area contributed by atoms with Crippen LogP contribution in [0.3, 0.4) is 0 Å². The van der Waals surface area contributed by atoms with Crippen LogP contribution in [0.4, 0.5) is 5.69 Å². The van der Waals surface area contributed by atoms with Crippen LogP contribution in [-0.2, 0) is 5.41 Å². The highest BCUT2D eigenvalue weighted by Crippen LogP contribution is 2.63. The lowest BCUT2D eigenvalue weighted by atomic mass is 9.70. The molecule has 0 aliphatic heterocycles. The normalized spacial score (nSPS) is 10.2. The first-order chi connectivity index (χ1) is 21.7. The summed E-state index contributed by atoms with van der Waals surface area (Å²) in [6, 6.07) is 33.6. The Morgan fingerprint density at radius 2 is 0.636 bits per heavy atom. The fourth-order valence-corrected chi connectivity index (χ4v) is 5.50. The van der Waals surface area contributed by atoms with E-state index in [2.05, 4.69) is 110 Å². The summed E-state index contributed by atoms with van der Waals surface area (Å²) in [6.07, 6.45) is 0. The van der Waals surface area contributed by atoms with E-state index in [1.807, 2.05) is 111 Å². The standard InChI is InChI=1S/C27H21N.8C2H6/c1-28(2)25-17-9-16-24-26(25)20-12-5-8-15-23(20)27(24)21-13-6-3-10-18(21)19-11-4-7-14-22(19)27;8*1-2/h3-17H,1-2H3;8*1-2H3. The topological polar surface area (TPSA) is 3.24 Å². The van der Waals surface area contributed by atoms with E-state index in [1.165, 1.54) is 50.2 Å². The zero-order chi connectivity index (χ0) is 34.9. The lowest BCUT2D eigenvalue weighted by Gasteiger charge is -2.30. The van der Waals surface area contributed by atoms with E-state index in [0.29, 0.717) is 0 Å². The summed E-state index contributed by atoms with van der Waals surface area (Å²) in [5, 5.41) is 0. The minimum Gasteiger partial charge on any atom is -0.377 e. The van der Waals surface area contributed by atoms with Crippen molar-refractivity contribution in [2.75, 3.05) is 19.0 Å². The van der Waals surface area contributed by atoms with Crippen molar-refractivity contribution in [3.63, 3.8) is 0 Å². The number of hydrogen-bond acceptors (Lipinski definition) is 1. The van der Waals surface area contributed by atoms with Crippen molar-refractivity contribution in [3.8, 4) is 22.3 Å². The largest absolute Gasteiger partial charge is 0.377 e. The third-order valence-corrected chi connectivity index (χ3v) is 6.48. The molecule has 246 valence electrons. The van der Waals surface area contributed by atoms with E-state index >= 15 is 0 Å². The van der Waals surface area contributed by atoms with Gasteiger partial charge in [-0.15, -0.1) is 0 Å². The van der Waals surface area contributed by atoms with Gasteiger partial charge in [0.05, 0.1) is 5.41 Å². The van der Waals surface area contributed by atoms with Gasteiger partial charge < -0.3 is 4.90 Å². The number of rotatable bonds is 1. The van der Waals surface area contributed by atoms with Crippen molar-refractivity contribution in [1.29, 1.82) is 0 Å². The fraction of sp³-hybridized carbons (Fsp3) is 0.442. The maximum atomic E-state index is 2.33. The predicted molar refractivity (Wildman–Crippen MR) is 208 cm³/mol. The Labute approximate surface area is 275 Å². The number of hydrogen-bond donors (Lipinski definition) is 0. The Kier molecular flexibility index (Phi) is 26.8. The van der Waals surface area contributed by atoms with E-state index in [-0.39, 0.29) is 5.41 Å². The Balaban J connectivity index is -0.000000924. The van der Waals surface area contributed by atoms with Crippen molar-refractivity contribution in [1.82, 2.24) is 0 Å². The molecule has 0 N–H and O–H groups in total. The summed E-state index contributed by atoms with van der Waals surface area (Å²) in [5.74, 6) is 0. The molecule has 0 amide bonds. The summed E-state index contributed by atoms with van der Waals surface area (Å²) in [5.41, 5.74) is 12.1. The van der Waals surface area contributed by atoms with Gasteiger partial charge in [0.15, 0.2) is 0 Å². The van der Waals surface area contributed by atoms with E-state index < -0.39 is 0 Å². The molecule has 0 saturated heterocycles. The number of fused-ring (bicyclic) bond motifs is 10. The van der Waals surface area contributed by atoms with Gasteiger partial charge in [-0.25, -0.2) is 0 Å². The first-order valence-electron chi connectivity index (χ1n) is 17.8. The van der Waals surface area contributed by atoms with Gasteiger partial charge in [0.1, 0.15) is 0 Å². The van der Waals surface area contributed by atoms with Gasteiger partial charge in [-0.05, 0) is 45.0 Å². The Morgan fingerprint density at radius 1 is 0.341 bits per heavy atom. The van der Waals surface area contributed by atoms with Crippen molar-refractivity contribution < 1.29 is 0 Å². The highest BCUT2D eigenvalue weighted by Gasteiger charge is 2.51. The summed E-state index contributed by atoms with van der Waals surface area (Å²) in [6.45, 7) is 32.0. The average Bonchev–Trinajstić information content (AvgIpc) is 3.63. The Morgan fingerprint density at radius 3 is 1.00 bits per heavy atom. The van der Waals surface area contributed by atoms with Crippen LogP contribution in [0.25, 0.3) is 22.3 Å². The molecule has 0 bridgehead atoms. The molecule has 0 fully saturated rings. The van der Waals surface area contributed by atoms with Crippen LogP contribution in [0.2, 0.25) is 0 Å². The van der Waals surface area contributed by atoms with Crippen molar-refractivity contribution >= 4 is 5.69 Å². The van der Waals surface area contributed by atoms with Gasteiger partial charge in [-0.2, -0.15) is 0 Å². The smallest absolute Gasteiger partial charge is 0.0726 e. The molecule has 4 aromatic rings. The van der Waals surface area contributed by atoms with Crippen LogP contribution in [0.5, 0.6) is 0 Å². The summed E-state index contributed by atoms with van der Waals surface area (Å²) in [4.78, 5) is 2.24. The maximum Gasteiger partial charge on any atom is 0.0726 e. The van der Waals surface area contributed by atoms with Gasteiger partial charge in [0.25, 0.3) is 0 Å². The molecular weight excluding hydrogens is 530 g/mol. The van der Waals surface area contributed by atoms with E-state index in [0.717, 1.165) is 0 Å². The molecule has 0 heterocycles. The van der Waals surface area contributed by atoms with Gasteiger partial charge in [-0.3, -0.25) is 0 Å². The third kappa shape index (κ3) is 8.65. The summed E-state index contributed by atoms with van der Waals surface area (Å²) in [7, 11) is 4.28. The lowest BCUT2D eigenvalue weighted by Crippen LogP contribution is -2.26. The Bertz CT molecular complexity index is 1200. The second kappa shape index (κ2) is 26.1. The zero-order valence-electron chi connectivity index (χ0n) is 32.1. The van der Waals surface area contributed by atoms with Gasteiger partial charge in [0, 0.05) is 25.3 Å². The lowest BCUT2D eigenvalue weighted by molar-refractivity contribution is 0.793. The van der Waals surface area contributed by atoms with Crippen LogP contribution in [0, 0.1) is 0 Å². The van der Waals surface area contributed by atoms with Crippen LogP contribution in [0.15, 0.2) is 91.0 Å². The van der Waals surface area contributed by atoms with Gasteiger partial charge >= 0.3 is 0 Å². The average molecular weight is 600 g/mol. The zero-order valence-corrected chi connectivity index (χ0v) is 32.1. The second-order valence-corrected chi connectivity index (χ2v) is 7.98. The van der Waals surface area contributed by atoms with Crippen molar-refractivity contribution in [2.24, 2.45) is 0 Å². The highest BCUT2D eigenvalue weighted by molar-refractivity contribution is 5.98. The predicted octanol–water partition coefficient (Wildman–Crippen LogP) is 14.3. The molecule has 1 spiro atoms. The van der Waals surface area contributed by atoms with Crippen molar-refractivity contribution in [3.05, 3.63) is 113 Å². The molecule has 2 aliphatic rings. The van der Waals surface area contributed by atoms with Crippen LogP contribution in [-0.4, -0.2) is 14.1 Å². The quantitative estimate of drug-likeness (QED) is 0.182. The molecular formula is C43H69N. The molecule has 6 rings (SSSR count). The monoisotopic (exact) mass is 600 g/mol. The van der Waals surface area contributed by atoms with E-state index in [1.54, 1.807) is 0 Å². The number of nitrogens with zero attached hydrogens (tertiary/aromatic N) is 1. The molecule has 4 aromatic carbocycles. The Hall–Kier alpha value is -3.32. The SMILES string of the molecule is CC.CC.CC.CC.CC.CC.CC.CC.CN(C)c1cccc2c1-c1ccccc1C21c2ccccc2-c2ccccc21. The molecule has 0 radical (unpaired) electrons. The summed E-state index contributed by atoms with van der Waals surface area (Å²) >= 11 is 0. The van der Waals surface area contributed by atoms with E-state index in [9.17, 15) is 0 Å². The molecule has 1 nitrogen and oxygen atoms in total. The summed E-state index contributed by atoms with van der Waals surface area (Å²) < 4.78 is 0. The molecule has 2 aliphatic carbocycles. The first kappa shape index (κ1) is 45.1. The number of benzene rings is 4. The highest BCUT2D eigenvalue weighted by atomic mass is 15.1. The number of anilines is 1. The fourth-order valence-electron chi connectivity index (χ4n) is 5.50. The van der Waals surface area contributed by atoms with Gasteiger partial charge in [-0.1, -0.05) is 196 Å². The van der Waals surface area contributed by atoms with Crippen LogP contribution < -0.4 is 4.90 Å².